The molecule has 0 spiro atoms. The van der Waals surface area contributed by atoms with Crippen LogP contribution in [0.1, 0.15) is 45.2 Å². The number of benzene rings is 1. The molecule has 1 atom stereocenters. The van der Waals surface area contributed by atoms with Crippen LogP contribution >= 0.6 is 0 Å². The van der Waals surface area contributed by atoms with Gasteiger partial charge in [0.2, 0.25) is 11.8 Å². The molecule has 1 saturated heterocycles. The maximum atomic E-state index is 12.0. The van der Waals surface area contributed by atoms with Crippen molar-refractivity contribution in [2.75, 3.05) is 5.32 Å². The Bertz CT molecular complexity index is 850. The molecule has 0 saturated carbocycles. The molecule has 1 unspecified atom stereocenters. The van der Waals surface area contributed by atoms with Crippen LogP contribution in [0.15, 0.2) is 22.7 Å². The molecule has 8 heteroatoms. The molecule has 1 fully saturated rings. The number of aromatic nitrogens is 1. The lowest BCUT2D eigenvalue weighted by molar-refractivity contribution is -0.134. The quantitative estimate of drug-likeness (QED) is 0.810. The van der Waals surface area contributed by atoms with Gasteiger partial charge in [0.15, 0.2) is 5.58 Å². The largest absolute Gasteiger partial charge is 0.444 e. The summed E-state index contributed by atoms with van der Waals surface area (Å²) in [5, 5.41) is 9.58. The Kier molecular flexibility index (Phi) is 4.20. The van der Waals surface area contributed by atoms with Crippen LogP contribution in [0.5, 0.6) is 0 Å². The SMILES string of the molecule is CC(C)(C)OC(=O)Nc1ccc2c(C3CCC(=O)NC3=O)noc2c1. The molecule has 2 aromatic rings. The molecule has 132 valence electrons. The lowest BCUT2D eigenvalue weighted by Gasteiger charge is -2.19. The maximum absolute atomic E-state index is 12.0. The molecule has 1 aliphatic rings. The van der Waals surface area contributed by atoms with E-state index < -0.39 is 17.6 Å². The Labute approximate surface area is 143 Å². The monoisotopic (exact) mass is 345 g/mol. The van der Waals surface area contributed by atoms with Crippen molar-refractivity contribution >= 4 is 34.6 Å². The summed E-state index contributed by atoms with van der Waals surface area (Å²) in [6.07, 6.45) is 0.0875. The predicted molar refractivity (Wildman–Crippen MR) is 89.0 cm³/mol. The molecule has 0 bridgehead atoms. The van der Waals surface area contributed by atoms with E-state index in [1.54, 1.807) is 39.0 Å². The number of nitrogens with one attached hydrogen (secondary N) is 2. The lowest BCUT2D eigenvalue weighted by Crippen LogP contribution is -2.39. The van der Waals surface area contributed by atoms with Crippen LogP contribution in [-0.4, -0.2) is 28.7 Å². The first-order chi connectivity index (χ1) is 11.7. The molecular weight excluding hydrogens is 326 g/mol. The molecule has 0 aliphatic carbocycles. The first-order valence-corrected chi connectivity index (χ1v) is 7.96. The van der Waals surface area contributed by atoms with Gasteiger partial charge in [0, 0.05) is 23.6 Å². The number of carbonyl (C=O) groups is 3. The Hall–Kier alpha value is -2.90. The summed E-state index contributed by atoms with van der Waals surface area (Å²) in [4.78, 5) is 35.1. The Morgan fingerprint density at radius 1 is 1.36 bits per heavy atom. The van der Waals surface area contributed by atoms with Crippen LogP contribution < -0.4 is 10.6 Å². The van der Waals surface area contributed by atoms with Gasteiger partial charge < -0.3 is 9.26 Å². The van der Waals surface area contributed by atoms with Gasteiger partial charge in [-0.1, -0.05) is 5.16 Å². The number of piperidine rings is 1. The summed E-state index contributed by atoms with van der Waals surface area (Å²) in [6, 6.07) is 5.01. The van der Waals surface area contributed by atoms with E-state index in [4.69, 9.17) is 9.26 Å². The minimum absolute atomic E-state index is 0.267. The number of nitrogens with zero attached hydrogens (tertiary/aromatic N) is 1. The number of rotatable bonds is 2. The number of hydrogen-bond donors (Lipinski definition) is 2. The number of fused-ring (bicyclic) bond motifs is 1. The normalized spacial score (nSPS) is 18.1. The van der Waals surface area contributed by atoms with Crippen LogP contribution in [0.4, 0.5) is 10.5 Å². The van der Waals surface area contributed by atoms with Gasteiger partial charge in [0.1, 0.15) is 11.3 Å². The van der Waals surface area contributed by atoms with Gasteiger partial charge in [-0.25, -0.2) is 4.79 Å². The Morgan fingerprint density at radius 3 is 2.80 bits per heavy atom. The summed E-state index contributed by atoms with van der Waals surface area (Å²) >= 11 is 0. The van der Waals surface area contributed by atoms with Crippen molar-refractivity contribution < 1.29 is 23.6 Å². The highest BCUT2D eigenvalue weighted by atomic mass is 16.6. The smallest absolute Gasteiger partial charge is 0.412 e. The molecule has 8 nitrogen and oxygen atoms in total. The summed E-state index contributed by atoms with van der Waals surface area (Å²) < 4.78 is 10.5. The van der Waals surface area contributed by atoms with E-state index in [1.807, 2.05) is 0 Å². The number of anilines is 1. The number of imide groups is 1. The predicted octanol–water partition coefficient (Wildman–Crippen LogP) is 2.70. The van der Waals surface area contributed by atoms with Crippen molar-refractivity contribution in [3.63, 3.8) is 0 Å². The fraction of sp³-hybridized carbons (Fsp3) is 0.412. The molecule has 25 heavy (non-hydrogen) atoms. The van der Waals surface area contributed by atoms with E-state index in [9.17, 15) is 14.4 Å². The number of hydrogen-bond acceptors (Lipinski definition) is 6. The van der Waals surface area contributed by atoms with E-state index >= 15 is 0 Å². The van der Waals surface area contributed by atoms with Crippen LogP contribution in [0, 0.1) is 0 Å². The molecular formula is C17H19N3O5. The molecule has 1 aliphatic heterocycles. The van der Waals surface area contributed by atoms with Crippen molar-refractivity contribution in [3.05, 3.63) is 23.9 Å². The van der Waals surface area contributed by atoms with E-state index in [0.29, 0.717) is 28.8 Å². The van der Waals surface area contributed by atoms with E-state index in [0.717, 1.165) is 0 Å². The highest BCUT2D eigenvalue weighted by Crippen LogP contribution is 2.31. The molecule has 3 amide bonds. The summed E-state index contributed by atoms with van der Waals surface area (Å²) in [6.45, 7) is 5.33. The third-order valence-electron chi connectivity index (χ3n) is 3.71. The maximum Gasteiger partial charge on any atom is 0.412 e. The van der Waals surface area contributed by atoms with Crippen molar-refractivity contribution in [2.45, 2.75) is 45.1 Å². The third kappa shape index (κ3) is 3.78. The van der Waals surface area contributed by atoms with Crippen LogP contribution in [-0.2, 0) is 14.3 Å². The standard InChI is InChI=1S/C17H19N3O5/c1-17(2,3)24-16(23)18-9-4-5-10-12(8-9)25-20-14(10)11-6-7-13(21)19-15(11)22/h4-5,8,11H,6-7H2,1-3H3,(H,18,23)(H,19,21,22). The van der Waals surface area contributed by atoms with E-state index in [1.165, 1.54) is 0 Å². The van der Waals surface area contributed by atoms with Gasteiger partial charge in [0.05, 0.1) is 5.92 Å². The lowest BCUT2D eigenvalue weighted by atomic mass is 9.93. The van der Waals surface area contributed by atoms with Crippen LogP contribution in [0.3, 0.4) is 0 Å². The molecule has 1 aromatic carbocycles. The minimum Gasteiger partial charge on any atom is -0.444 e. The summed E-state index contributed by atoms with van der Waals surface area (Å²) in [7, 11) is 0. The minimum atomic E-state index is -0.598. The fourth-order valence-electron chi connectivity index (χ4n) is 2.66. The second kappa shape index (κ2) is 6.19. The summed E-state index contributed by atoms with van der Waals surface area (Å²) in [5.41, 5.74) is 0.823. The van der Waals surface area contributed by atoms with E-state index in [2.05, 4.69) is 15.8 Å². The Balaban J connectivity index is 1.81. The van der Waals surface area contributed by atoms with Crippen molar-refractivity contribution in [1.82, 2.24) is 10.5 Å². The first-order valence-electron chi connectivity index (χ1n) is 7.96. The highest BCUT2D eigenvalue weighted by Gasteiger charge is 2.31. The second-order valence-corrected chi connectivity index (χ2v) is 6.91. The number of amides is 3. The number of carbonyl (C=O) groups excluding carboxylic acids is 3. The molecule has 0 radical (unpaired) electrons. The average Bonchev–Trinajstić information content (AvgIpc) is 2.88. The third-order valence-corrected chi connectivity index (χ3v) is 3.71. The number of ether oxygens (including phenoxy) is 1. The van der Waals surface area contributed by atoms with Gasteiger partial charge in [-0.3, -0.25) is 20.2 Å². The first kappa shape index (κ1) is 16.9. The van der Waals surface area contributed by atoms with Crippen LogP contribution in [0.2, 0.25) is 0 Å². The molecule has 3 rings (SSSR count). The zero-order chi connectivity index (χ0) is 18.2. The fourth-order valence-corrected chi connectivity index (χ4v) is 2.66. The zero-order valence-corrected chi connectivity index (χ0v) is 14.2. The van der Waals surface area contributed by atoms with Gasteiger partial charge in [-0.05, 0) is 39.3 Å². The van der Waals surface area contributed by atoms with E-state index in [-0.39, 0.29) is 18.2 Å². The topological polar surface area (TPSA) is 111 Å². The second-order valence-electron chi connectivity index (χ2n) is 6.91. The van der Waals surface area contributed by atoms with Gasteiger partial charge in [-0.15, -0.1) is 0 Å². The van der Waals surface area contributed by atoms with Gasteiger partial charge >= 0.3 is 6.09 Å². The highest BCUT2D eigenvalue weighted by molar-refractivity contribution is 6.02. The summed E-state index contributed by atoms with van der Waals surface area (Å²) in [5.74, 6) is -1.18. The van der Waals surface area contributed by atoms with Crippen molar-refractivity contribution in [3.8, 4) is 0 Å². The van der Waals surface area contributed by atoms with Crippen molar-refractivity contribution in [1.29, 1.82) is 0 Å². The molecule has 1 aromatic heterocycles. The van der Waals surface area contributed by atoms with Crippen LogP contribution in [0.25, 0.3) is 11.0 Å². The molecule has 2 N–H and O–H groups in total. The van der Waals surface area contributed by atoms with Crippen molar-refractivity contribution in [2.24, 2.45) is 0 Å². The average molecular weight is 345 g/mol. The Morgan fingerprint density at radius 2 is 2.12 bits per heavy atom. The zero-order valence-electron chi connectivity index (χ0n) is 14.2. The van der Waals surface area contributed by atoms with Gasteiger partial charge in [-0.2, -0.15) is 0 Å². The molecule has 2 heterocycles. The van der Waals surface area contributed by atoms with Gasteiger partial charge in [0.25, 0.3) is 0 Å².